The van der Waals surface area contributed by atoms with Crippen molar-refractivity contribution in [2.24, 2.45) is 0 Å². The van der Waals surface area contributed by atoms with E-state index in [0.717, 1.165) is 32.5 Å². The van der Waals surface area contributed by atoms with E-state index in [1.165, 1.54) is 6.20 Å². The molecule has 2 heterocycles. The number of carboxylic acids is 1. The highest BCUT2D eigenvalue weighted by Crippen LogP contribution is 2.17. The summed E-state index contributed by atoms with van der Waals surface area (Å²) in [5.41, 5.74) is -0.0294. The fourth-order valence-corrected chi connectivity index (χ4v) is 2.03. The molecule has 0 amide bonds. The molecule has 0 saturated carbocycles. The van der Waals surface area contributed by atoms with Crippen LogP contribution in [0.25, 0.3) is 0 Å². The highest BCUT2D eigenvalue weighted by atomic mass is 16.5. The average Bonchev–Trinajstić information content (AvgIpc) is 2.89. The number of hydrogen-bond donors (Lipinski definition) is 1. The van der Waals surface area contributed by atoms with Gasteiger partial charge in [0.25, 0.3) is 0 Å². The SMILES string of the molecule is CCN(CC1CCCO1)c1cncc(C(=O)O)n1. The Hall–Kier alpha value is -1.69. The molecule has 0 aliphatic carbocycles. The fourth-order valence-electron chi connectivity index (χ4n) is 2.03. The summed E-state index contributed by atoms with van der Waals surface area (Å²) in [7, 11) is 0. The maximum absolute atomic E-state index is 10.9. The smallest absolute Gasteiger partial charge is 0.356 e. The number of likely N-dealkylation sites (N-methyl/N-ethyl adjacent to an activating group) is 1. The first-order valence-corrected chi connectivity index (χ1v) is 6.12. The van der Waals surface area contributed by atoms with Crippen LogP contribution in [0, 0.1) is 0 Å². The van der Waals surface area contributed by atoms with Crippen molar-refractivity contribution in [3.8, 4) is 0 Å². The van der Waals surface area contributed by atoms with E-state index in [1.54, 1.807) is 6.20 Å². The van der Waals surface area contributed by atoms with Crippen molar-refractivity contribution in [2.75, 3.05) is 24.6 Å². The molecule has 1 fully saturated rings. The largest absolute Gasteiger partial charge is 0.476 e. The van der Waals surface area contributed by atoms with Crippen molar-refractivity contribution in [3.63, 3.8) is 0 Å². The van der Waals surface area contributed by atoms with Crippen LogP contribution in [0.2, 0.25) is 0 Å². The van der Waals surface area contributed by atoms with Crippen LogP contribution in [-0.4, -0.2) is 46.8 Å². The maximum Gasteiger partial charge on any atom is 0.356 e. The zero-order valence-corrected chi connectivity index (χ0v) is 10.4. The summed E-state index contributed by atoms with van der Waals surface area (Å²) in [6.45, 7) is 4.29. The molecule has 2 rings (SSSR count). The van der Waals surface area contributed by atoms with Crippen molar-refractivity contribution in [1.82, 2.24) is 9.97 Å². The van der Waals surface area contributed by atoms with E-state index in [1.807, 2.05) is 11.8 Å². The summed E-state index contributed by atoms with van der Waals surface area (Å²) in [6.07, 6.45) is 5.18. The minimum atomic E-state index is -1.06. The second kappa shape index (κ2) is 5.77. The number of aromatic nitrogens is 2. The van der Waals surface area contributed by atoms with Gasteiger partial charge in [0.1, 0.15) is 5.82 Å². The third-order valence-corrected chi connectivity index (χ3v) is 2.99. The van der Waals surface area contributed by atoms with Crippen molar-refractivity contribution in [2.45, 2.75) is 25.9 Å². The Bertz CT molecular complexity index is 419. The zero-order chi connectivity index (χ0) is 13.0. The maximum atomic E-state index is 10.9. The van der Waals surface area contributed by atoms with Crippen molar-refractivity contribution >= 4 is 11.8 Å². The van der Waals surface area contributed by atoms with E-state index < -0.39 is 5.97 Å². The van der Waals surface area contributed by atoms with Gasteiger partial charge in [-0.25, -0.2) is 9.78 Å². The normalized spacial score (nSPS) is 18.8. The standard InChI is InChI=1S/C12H17N3O3/c1-2-15(8-9-4-3-5-18-9)11-7-13-6-10(14-11)12(16)17/h6-7,9H,2-5,8H2,1H3,(H,16,17). The second-order valence-corrected chi connectivity index (χ2v) is 4.24. The minimum absolute atomic E-state index is 0.0294. The lowest BCUT2D eigenvalue weighted by Crippen LogP contribution is -2.33. The first kappa shape index (κ1) is 12.8. The van der Waals surface area contributed by atoms with Crippen LogP contribution >= 0.6 is 0 Å². The van der Waals surface area contributed by atoms with Crippen LogP contribution in [0.4, 0.5) is 5.82 Å². The molecule has 1 aliphatic heterocycles. The van der Waals surface area contributed by atoms with Gasteiger partial charge in [0.05, 0.1) is 18.5 Å². The van der Waals surface area contributed by atoms with Gasteiger partial charge in [-0.2, -0.15) is 0 Å². The van der Waals surface area contributed by atoms with Gasteiger partial charge in [0, 0.05) is 19.7 Å². The first-order chi connectivity index (χ1) is 8.70. The topological polar surface area (TPSA) is 75.5 Å². The number of anilines is 1. The average molecular weight is 251 g/mol. The van der Waals surface area contributed by atoms with Crippen LogP contribution < -0.4 is 4.90 Å². The summed E-state index contributed by atoms with van der Waals surface area (Å²) in [6, 6.07) is 0. The molecule has 1 aromatic heterocycles. The Balaban J connectivity index is 2.10. The van der Waals surface area contributed by atoms with Crippen LogP contribution in [0.5, 0.6) is 0 Å². The number of carboxylic acid groups (broad SMARTS) is 1. The molecule has 0 radical (unpaired) electrons. The predicted molar refractivity (Wildman–Crippen MR) is 65.9 cm³/mol. The summed E-state index contributed by atoms with van der Waals surface area (Å²) < 4.78 is 5.58. The number of nitrogens with zero attached hydrogens (tertiary/aromatic N) is 3. The van der Waals surface area contributed by atoms with Crippen LogP contribution in [-0.2, 0) is 4.74 Å². The van der Waals surface area contributed by atoms with E-state index in [2.05, 4.69) is 9.97 Å². The summed E-state index contributed by atoms with van der Waals surface area (Å²) in [5, 5.41) is 8.90. The number of rotatable bonds is 5. The Morgan fingerprint density at radius 3 is 3.06 bits per heavy atom. The molecule has 6 heteroatoms. The predicted octanol–water partition coefficient (Wildman–Crippen LogP) is 1.18. The summed E-state index contributed by atoms with van der Waals surface area (Å²) >= 11 is 0. The Morgan fingerprint density at radius 1 is 1.61 bits per heavy atom. The van der Waals surface area contributed by atoms with Gasteiger partial charge in [-0.15, -0.1) is 0 Å². The minimum Gasteiger partial charge on any atom is -0.476 e. The monoisotopic (exact) mass is 251 g/mol. The lowest BCUT2D eigenvalue weighted by molar-refractivity contribution is 0.0690. The Labute approximate surface area is 106 Å². The van der Waals surface area contributed by atoms with Gasteiger partial charge < -0.3 is 14.7 Å². The van der Waals surface area contributed by atoms with Crippen LogP contribution in [0.1, 0.15) is 30.3 Å². The van der Waals surface area contributed by atoms with Crippen molar-refractivity contribution < 1.29 is 14.6 Å². The first-order valence-electron chi connectivity index (χ1n) is 6.12. The molecule has 6 nitrogen and oxygen atoms in total. The third kappa shape index (κ3) is 2.95. The molecule has 1 aromatic rings. The fraction of sp³-hybridized carbons (Fsp3) is 0.583. The number of aromatic carboxylic acids is 1. The second-order valence-electron chi connectivity index (χ2n) is 4.24. The molecule has 1 unspecified atom stereocenters. The molecule has 18 heavy (non-hydrogen) atoms. The quantitative estimate of drug-likeness (QED) is 0.847. The summed E-state index contributed by atoms with van der Waals surface area (Å²) in [4.78, 5) is 20.9. The molecule has 0 spiro atoms. The van der Waals surface area contributed by atoms with Gasteiger partial charge in [-0.3, -0.25) is 4.98 Å². The highest BCUT2D eigenvalue weighted by Gasteiger charge is 2.20. The van der Waals surface area contributed by atoms with E-state index in [0.29, 0.717) is 5.82 Å². The molecule has 98 valence electrons. The number of ether oxygens (including phenoxy) is 1. The molecular weight excluding hydrogens is 234 g/mol. The molecule has 1 atom stereocenters. The van der Waals surface area contributed by atoms with Crippen molar-refractivity contribution in [3.05, 3.63) is 18.1 Å². The Morgan fingerprint density at radius 2 is 2.44 bits per heavy atom. The van der Waals surface area contributed by atoms with Gasteiger partial charge >= 0.3 is 5.97 Å². The van der Waals surface area contributed by atoms with Gasteiger partial charge in [0.2, 0.25) is 0 Å². The molecule has 0 bridgehead atoms. The van der Waals surface area contributed by atoms with Crippen LogP contribution in [0.15, 0.2) is 12.4 Å². The molecule has 1 aliphatic rings. The highest BCUT2D eigenvalue weighted by molar-refractivity contribution is 5.85. The third-order valence-electron chi connectivity index (χ3n) is 2.99. The Kier molecular flexibility index (Phi) is 4.09. The van der Waals surface area contributed by atoms with Gasteiger partial charge in [0.15, 0.2) is 5.69 Å². The number of hydrogen-bond acceptors (Lipinski definition) is 5. The van der Waals surface area contributed by atoms with E-state index in [4.69, 9.17) is 9.84 Å². The molecule has 0 aromatic carbocycles. The molecular formula is C12H17N3O3. The van der Waals surface area contributed by atoms with Crippen molar-refractivity contribution in [1.29, 1.82) is 0 Å². The van der Waals surface area contributed by atoms with Gasteiger partial charge in [-0.1, -0.05) is 0 Å². The molecule has 1 saturated heterocycles. The number of carbonyl (C=O) groups is 1. The van der Waals surface area contributed by atoms with Gasteiger partial charge in [-0.05, 0) is 19.8 Å². The zero-order valence-electron chi connectivity index (χ0n) is 10.4. The lowest BCUT2D eigenvalue weighted by atomic mass is 10.2. The summed E-state index contributed by atoms with van der Waals surface area (Å²) in [5.74, 6) is -0.467. The lowest BCUT2D eigenvalue weighted by Gasteiger charge is -2.24. The van der Waals surface area contributed by atoms with Crippen LogP contribution in [0.3, 0.4) is 0 Å². The van der Waals surface area contributed by atoms with E-state index in [-0.39, 0.29) is 11.8 Å². The molecule has 1 N–H and O–H groups in total. The van der Waals surface area contributed by atoms with E-state index >= 15 is 0 Å². The van der Waals surface area contributed by atoms with E-state index in [9.17, 15) is 4.79 Å².